The van der Waals surface area contributed by atoms with E-state index in [1.807, 2.05) is 0 Å². The van der Waals surface area contributed by atoms with Gasteiger partial charge in [-0.15, -0.1) is 0 Å². The van der Waals surface area contributed by atoms with Gasteiger partial charge in [0.1, 0.15) is 6.04 Å². The van der Waals surface area contributed by atoms with Gasteiger partial charge in [-0.1, -0.05) is 58.4 Å². The van der Waals surface area contributed by atoms with Crippen LogP contribution in [-0.4, -0.2) is 17.6 Å². The smallest absolute Gasteiger partial charge is 0.244 e. The normalized spacial score (nSPS) is 11.5. The Kier molecular flexibility index (Phi) is 6.26. The molecule has 2 rings (SSSR count). The highest BCUT2D eigenvalue weighted by atomic mass is 79.9. The van der Waals surface area contributed by atoms with Crippen LogP contribution in [0.1, 0.15) is 34.8 Å². The van der Waals surface area contributed by atoms with Crippen LogP contribution in [0.3, 0.4) is 0 Å². The molecule has 0 radical (unpaired) electrons. The molecule has 2 amide bonds. The number of rotatable bonds is 7. The zero-order chi connectivity index (χ0) is 17.5. The highest BCUT2D eigenvalue weighted by Gasteiger charge is 2.20. The maximum Gasteiger partial charge on any atom is 0.244 e. The number of nitrogens with two attached hydrogens (primary N) is 1. The Bertz CT molecular complexity index is 730. The molecular formula is C18H17BrN2O3. The van der Waals surface area contributed by atoms with Crippen molar-refractivity contribution < 1.29 is 14.4 Å². The van der Waals surface area contributed by atoms with Gasteiger partial charge in [-0.3, -0.25) is 14.4 Å². The number of carbonyl (C=O) groups is 3. The molecule has 24 heavy (non-hydrogen) atoms. The summed E-state index contributed by atoms with van der Waals surface area (Å²) < 4.78 is 0.879. The van der Waals surface area contributed by atoms with Gasteiger partial charge in [-0.2, -0.15) is 0 Å². The third-order valence-electron chi connectivity index (χ3n) is 3.47. The van der Waals surface area contributed by atoms with E-state index in [2.05, 4.69) is 21.2 Å². The van der Waals surface area contributed by atoms with Crippen LogP contribution in [0, 0.1) is 0 Å². The summed E-state index contributed by atoms with van der Waals surface area (Å²) in [5.74, 6) is -1.17. The van der Waals surface area contributed by atoms with Crippen LogP contribution in [-0.2, 0) is 9.59 Å². The van der Waals surface area contributed by atoms with Crippen LogP contribution in [0.15, 0.2) is 59.1 Å². The summed E-state index contributed by atoms with van der Waals surface area (Å²) in [7, 11) is 0. The number of benzene rings is 2. The molecular weight excluding hydrogens is 372 g/mol. The van der Waals surface area contributed by atoms with E-state index in [1.165, 1.54) is 0 Å². The Morgan fingerprint density at radius 3 is 2.17 bits per heavy atom. The van der Waals surface area contributed by atoms with Gasteiger partial charge in [0.15, 0.2) is 5.78 Å². The molecule has 0 aliphatic rings. The van der Waals surface area contributed by atoms with Gasteiger partial charge >= 0.3 is 0 Å². The van der Waals surface area contributed by atoms with E-state index in [-0.39, 0.29) is 18.6 Å². The van der Waals surface area contributed by atoms with Crippen molar-refractivity contribution in [3.63, 3.8) is 0 Å². The van der Waals surface area contributed by atoms with Crippen molar-refractivity contribution >= 4 is 33.5 Å². The Morgan fingerprint density at radius 1 is 0.958 bits per heavy atom. The van der Waals surface area contributed by atoms with Gasteiger partial charge in [0.25, 0.3) is 0 Å². The second-order valence-electron chi connectivity index (χ2n) is 5.24. The number of ketones is 1. The average Bonchev–Trinajstić information content (AvgIpc) is 2.58. The Labute approximate surface area is 148 Å². The first-order chi connectivity index (χ1) is 11.5. The van der Waals surface area contributed by atoms with Crippen LogP contribution in [0.2, 0.25) is 0 Å². The number of halogens is 1. The molecule has 0 unspecified atom stereocenters. The van der Waals surface area contributed by atoms with E-state index >= 15 is 0 Å². The maximum absolute atomic E-state index is 12.1. The molecule has 0 heterocycles. The number of hydrogen-bond donors (Lipinski definition) is 2. The van der Waals surface area contributed by atoms with E-state index in [0.29, 0.717) is 11.1 Å². The number of nitrogens with one attached hydrogen (secondary N) is 1. The maximum atomic E-state index is 12.1. The first-order valence-corrected chi connectivity index (χ1v) is 8.19. The van der Waals surface area contributed by atoms with Crippen molar-refractivity contribution in [3.05, 3.63) is 70.2 Å². The van der Waals surface area contributed by atoms with Crippen molar-refractivity contribution in [2.24, 2.45) is 5.73 Å². The summed E-state index contributed by atoms with van der Waals surface area (Å²) in [6.07, 6.45) is 0.0548. The summed E-state index contributed by atoms with van der Waals surface area (Å²) in [5.41, 5.74) is 6.50. The third-order valence-corrected chi connectivity index (χ3v) is 4.00. The highest BCUT2D eigenvalue weighted by Crippen LogP contribution is 2.14. The van der Waals surface area contributed by atoms with Crippen molar-refractivity contribution in [1.29, 1.82) is 0 Å². The van der Waals surface area contributed by atoms with Gasteiger partial charge < -0.3 is 11.1 Å². The van der Waals surface area contributed by atoms with Gasteiger partial charge in [0.05, 0.1) is 0 Å². The lowest BCUT2D eigenvalue weighted by molar-refractivity contribution is -0.127. The molecule has 6 heteroatoms. The summed E-state index contributed by atoms with van der Waals surface area (Å²) >= 11 is 3.30. The molecule has 1 atom stereocenters. The topological polar surface area (TPSA) is 89.3 Å². The predicted molar refractivity (Wildman–Crippen MR) is 94.2 cm³/mol. The zero-order valence-electron chi connectivity index (χ0n) is 12.9. The Balaban J connectivity index is 1.93. The summed E-state index contributed by atoms with van der Waals surface area (Å²) in [5, 5.41) is 2.58. The fraction of sp³-hybridized carbons (Fsp3) is 0.167. The molecule has 2 aromatic rings. The molecule has 0 saturated carbocycles. The van der Waals surface area contributed by atoms with Gasteiger partial charge in [-0.05, 0) is 17.7 Å². The molecule has 5 nitrogen and oxygen atoms in total. The lowest BCUT2D eigenvalue weighted by Crippen LogP contribution is -2.37. The fourth-order valence-electron chi connectivity index (χ4n) is 2.20. The second-order valence-corrected chi connectivity index (χ2v) is 6.16. The first-order valence-electron chi connectivity index (χ1n) is 7.40. The van der Waals surface area contributed by atoms with Crippen molar-refractivity contribution in [1.82, 2.24) is 5.32 Å². The molecule has 2 aromatic carbocycles. The quantitative estimate of drug-likeness (QED) is 0.714. The van der Waals surface area contributed by atoms with Crippen LogP contribution < -0.4 is 11.1 Å². The number of amides is 2. The fourth-order valence-corrected chi connectivity index (χ4v) is 2.47. The van der Waals surface area contributed by atoms with Crippen molar-refractivity contribution in [3.8, 4) is 0 Å². The minimum Gasteiger partial charge on any atom is -0.368 e. The largest absolute Gasteiger partial charge is 0.368 e. The molecule has 0 aliphatic heterocycles. The zero-order valence-corrected chi connectivity index (χ0v) is 14.5. The summed E-state index contributed by atoms with van der Waals surface area (Å²) in [6, 6.07) is 14.8. The Hall–Kier alpha value is -2.47. The van der Waals surface area contributed by atoms with Gasteiger partial charge in [0.2, 0.25) is 11.8 Å². The standard InChI is InChI=1S/C18H17BrN2O3/c19-14-8-6-12(7-9-14)15(22)10-11-16(23)21-17(18(20)24)13-4-2-1-3-5-13/h1-9,17H,10-11H2,(H2,20,24)(H,21,23)/t17-/m0/s1. The molecule has 124 valence electrons. The lowest BCUT2D eigenvalue weighted by Gasteiger charge is -2.15. The number of primary amides is 1. The lowest BCUT2D eigenvalue weighted by atomic mass is 10.0. The van der Waals surface area contributed by atoms with Gasteiger partial charge in [-0.25, -0.2) is 0 Å². The molecule has 3 N–H and O–H groups in total. The number of carbonyl (C=O) groups excluding carboxylic acids is 3. The molecule has 0 fully saturated rings. The van der Waals surface area contributed by atoms with Crippen LogP contribution in [0.4, 0.5) is 0 Å². The third kappa shape index (κ3) is 5.03. The van der Waals surface area contributed by atoms with Crippen LogP contribution in [0.25, 0.3) is 0 Å². The van der Waals surface area contributed by atoms with Crippen LogP contribution >= 0.6 is 15.9 Å². The molecule has 0 saturated heterocycles. The first kappa shape index (κ1) is 17.9. The van der Waals surface area contributed by atoms with E-state index in [9.17, 15) is 14.4 Å². The minimum atomic E-state index is -0.901. The summed E-state index contributed by atoms with van der Waals surface area (Å²) in [6.45, 7) is 0. The monoisotopic (exact) mass is 388 g/mol. The van der Waals surface area contributed by atoms with E-state index < -0.39 is 17.9 Å². The highest BCUT2D eigenvalue weighted by molar-refractivity contribution is 9.10. The average molecular weight is 389 g/mol. The predicted octanol–water partition coefficient (Wildman–Crippen LogP) is 2.75. The molecule has 0 spiro atoms. The SMILES string of the molecule is NC(=O)[C@@H](NC(=O)CCC(=O)c1ccc(Br)cc1)c1ccccc1. The second kappa shape index (κ2) is 8.40. The van der Waals surface area contributed by atoms with Gasteiger partial charge in [0, 0.05) is 22.9 Å². The molecule has 0 aliphatic carbocycles. The number of hydrogen-bond acceptors (Lipinski definition) is 3. The minimum absolute atomic E-state index is 0.00842. The van der Waals surface area contributed by atoms with Crippen molar-refractivity contribution in [2.75, 3.05) is 0 Å². The van der Waals surface area contributed by atoms with E-state index in [0.717, 1.165) is 4.47 Å². The Morgan fingerprint density at radius 2 is 1.58 bits per heavy atom. The summed E-state index contributed by atoms with van der Waals surface area (Å²) in [4.78, 5) is 35.7. The van der Waals surface area contributed by atoms with Crippen molar-refractivity contribution in [2.45, 2.75) is 18.9 Å². The van der Waals surface area contributed by atoms with E-state index in [4.69, 9.17) is 5.73 Å². The molecule has 0 bridgehead atoms. The van der Waals surface area contributed by atoms with E-state index in [1.54, 1.807) is 54.6 Å². The van der Waals surface area contributed by atoms with Crippen LogP contribution in [0.5, 0.6) is 0 Å². The molecule has 0 aromatic heterocycles. The number of Topliss-reactive ketones (excluding diaryl/α,β-unsaturated/α-hetero) is 1.